The number of rotatable bonds is 6. The summed E-state index contributed by atoms with van der Waals surface area (Å²) >= 11 is 0. The summed E-state index contributed by atoms with van der Waals surface area (Å²) in [4.78, 5) is 0. The molecule has 0 aromatic carbocycles. The SMILES string of the molecule is CCC(C#N)S(=O)(=O)NC(C)(CC)CO. The highest BCUT2D eigenvalue weighted by molar-refractivity contribution is 7.90. The standard InChI is InChI=1S/C9H18N2O3S/c1-4-8(6-10)15(13,14)11-9(3,5-2)7-12/h8,11-12H,4-5,7H2,1-3H3. The maximum Gasteiger partial charge on any atom is 0.228 e. The van der Waals surface area contributed by atoms with Crippen LogP contribution in [0.2, 0.25) is 0 Å². The first kappa shape index (κ1) is 14.4. The molecule has 0 bridgehead atoms. The molecular weight excluding hydrogens is 216 g/mol. The molecule has 0 radical (unpaired) electrons. The van der Waals surface area contributed by atoms with Crippen LogP contribution in [0, 0.1) is 11.3 Å². The van der Waals surface area contributed by atoms with Gasteiger partial charge in [0.15, 0.2) is 5.25 Å². The predicted molar refractivity (Wildman–Crippen MR) is 57.5 cm³/mol. The molecule has 0 aliphatic carbocycles. The molecule has 88 valence electrons. The molecule has 0 heterocycles. The molecule has 0 saturated carbocycles. The van der Waals surface area contributed by atoms with Crippen LogP contribution in [0.3, 0.4) is 0 Å². The summed E-state index contributed by atoms with van der Waals surface area (Å²) < 4.78 is 25.7. The number of aliphatic hydroxyl groups is 1. The van der Waals surface area contributed by atoms with Gasteiger partial charge in [0.1, 0.15) is 0 Å². The molecule has 0 saturated heterocycles. The van der Waals surface area contributed by atoms with Gasteiger partial charge in [0.2, 0.25) is 10.0 Å². The molecule has 6 heteroatoms. The highest BCUT2D eigenvalue weighted by Gasteiger charge is 2.32. The van der Waals surface area contributed by atoms with Crippen molar-refractivity contribution >= 4 is 10.0 Å². The van der Waals surface area contributed by atoms with Crippen molar-refractivity contribution in [2.24, 2.45) is 0 Å². The molecule has 0 rings (SSSR count). The second kappa shape index (κ2) is 5.45. The first-order valence-corrected chi connectivity index (χ1v) is 6.43. The van der Waals surface area contributed by atoms with Crippen LogP contribution in [0.1, 0.15) is 33.6 Å². The third-order valence-corrected chi connectivity index (χ3v) is 4.37. The highest BCUT2D eigenvalue weighted by atomic mass is 32.2. The van der Waals surface area contributed by atoms with Crippen molar-refractivity contribution in [3.63, 3.8) is 0 Å². The summed E-state index contributed by atoms with van der Waals surface area (Å²) in [6.07, 6.45) is 0.696. The number of aliphatic hydroxyl groups excluding tert-OH is 1. The van der Waals surface area contributed by atoms with Crippen molar-refractivity contribution in [3.05, 3.63) is 0 Å². The van der Waals surface area contributed by atoms with E-state index in [9.17, 15) is 8.42 Å². The van der Waals surface area contributed by atoms with Crippen LogP contribution < -0.4 is 4.72 Å². The Morgan fingerprint density at radius 3 is 2.33 bits per heavy atom. The van der Waals surface area contributed by atoms with Crippen molar-refractivity contribution in [3.8, 4) is 6.07 Å². The average Bonchev–Trinajstić information content (AvgIpc) is 2.18. The smallest absolute Gasteiger partial charge is 0.228 e. The maximum absolute atomic E-state index is 11.7. The van der Waals surface area contributed by atoms with Crippen molar-refractivity contribution in [1.82, 2.24) is 4.72 Å². The molecule has 2 N–H and O–H groups in total. The van der Waals surface area contributed by atoms with Gasteiger partial charge in [-0.1, -0.05) is 13.8 Å². The van der Waals surface area contributed by atoms with E-state index in [0.29, 0.717) is 6.42 Å². The van der Waals surface area contributed by atoms with Gasteiger partial charge in [-0.15, -0.1) is 0 Å². The van der Waals surface area contributed by atoms with E-state index in [-0.39, 0.29) is 13.0 Å². The van der Waals surface area contributed by atoms with E-state index in [1.54, 1.807) is 26.8 Å². The molecule has 0 amide bonds. The van der Waals surface area contributed by atoms with Crippen LogP contribution in [0.15, 0.2) is 0 Å². The van der Waals surface area contributed by atoms with Crippen LogP contribution in [-0.4, -0.2) is 30.9 Å². The third kappa shape index (κ3) is 3.78. The molecule has 2 atom stereocenters. The Bertz CT molecular complexity index is 328. The van der Waals surface area contributed by atoms with Crippen molar-refractivity contribution < 1.29 is 13.5 Å². The molecule has 0 spiro atoms. The average molecular weight is 234 g/mol. The summed E-state index contributed by atoms with van der Waals surface area (Å²) in [6.45, 7) is 4.72. The van der Waals surface area contributed by atoms with Crippen molar-refractivity contribution in [2.75, 3.05) is 6.61 Å². The Morgan fingerprint density at radius 2 is 2.07 bits per heavy atom. The number of hydrogen-bond acceptors (Lipinski definition) is 4. The van der Waals surface area contributed by atoms with E-state index in [0.717, 1.165) is 0 Å². The van der Waals surface area contributed by atoms with Crippen LogP contribution in [0.25, 0.3) is 0 Å². The molecule has 0 aliphatic heterocycles. The predicted octanol–water partition coefficient (Wildman–Crippen LogP) is 0.369. The molecule has 5 nitrogen and oxygen atoms in total. The molecule has 0 fully saturated rings. The zero-order chi connectivity index (χ0) is 12.1. The van der Waals surface area contributed by atoms with Crippen LogP contribution in [0.5, 0.6) is 0 Å². The summed E-state index contributed by atoms with van der Waals surface area (Å²) in [6, 6.07) is 1.73. The molecule has 0 aromatic heterocycles. The minimum absolute atomic E-state index is 0.233. The van der Waals surface area contributed by atoms with Gasteiger partial charge in [-0.2, -0.15) is 5.26 Å². The first-order valence-electron chi connectivity index (χ1n) is 4.88. The largest absolute Gasteiger partial charge is 0.394 e. The van der Waals surface area contributed by atoms with Crippen LogP contribution >= 0.6 is 0 Å². The topological polar surface area (TPSA) is 90.2 Å². The van der Waals surface area contributed by atoms with Gasteiger partial charge in [-0.3, -0.25) is 0 Å². The minimum atomic E-state index is -3.68. The molecule has 0 aliphatic rings. The Morgan fingerprint density at radius 1 is 1.53 bits per heavy atom. The van der Waals surface area contributed by atoms with Gasteiger partial charge in [-0.05, 0) is 19.8 Å². The molecule has 0 aromatic rings. The number of nitrogens with zero attached hydrogens (tertiary/aromatic N) is 1. The zero-order valence-electron chi connectivity index (χ0n) is 9.32. The summed E-state index contributed by atoms with van der Waals surface area (Å²) in [5.74, 6) is 0. The fraction of sp³-hybridized carbons (Fsp3) is 0.889. The van der Waals surface area contributed by atoms with E-state index in [2.05, 4.69) is 4.72 Å². The maximum atomic E-state index is 11.7. The second-order valence-electron chi connectivity index (χ2n) is 3.75. The first-order chi connectivity index (χ1) is 6.85. The van der Waals surface area contributed by atoms with Gasteiger partial charge in [-0.25, -0.2) is 13.1 Å². The van der Waals surface area contributed by atoms with E-state index < -0.39 is 20.8 Å². The monoisotopic (exact) mass is 234 g/mol. The fourth-order valence-corrected chi connectivity index (χ4v) is 2.63. The number of hydrogen-bond donors (Lipinski definition) is 2. The van der Waals surface area contributed by atoms with E-state index in [1.807, 2.05) is 0 Å². The second-order valence-corrected chi connectivity index (χ2v) is 5.61. The van der Waals surface area contributed by atoms with E-state index in [4.69, 9.17) is 10.4 Å². The Kier molecular flexibility index (Phi) is 5.21. The summed E-state index contributed by atoms with van der Waals surface area (Å²) in [5, 5.41) is 16.7. The van der Waals surface area contributed by atoms with Gasteiger partial charge in [0, 0.05) is 0 Å². The summed E-state index contributed by atoms with van der Waals surface area (Å²) in [5.41, 5.74) is -0.886. The number of sulfonamides is 1. The Hall–Kier alpha value is -0.640. The van der Waals surface area contributed by atoms with E-state index in [1.165, 1.54) is 0 Å². The lowest BCUT2D eigenvalue weighted by molar-refractivity contribution is 0.191. The summed E-state index contributed by atoms with van der Waals surface area (Å²) in [7, 11) is -3.68. The van der Waals surface area contributed by atoms with Gasteiger partial charge < -0.3 is 5.11 Å². The lowest BCUT2D eigenvalue weighted by Crippen LogP contribution is -2.51. The number of nitriles is 1. The molecule has 2 unspecified atom stereocenters. The lowest BCUT2D eigenvalue weighted by Gasteiger charge is -2.27. The highest BCUT2D eigenvalue weighted by Crippen LogP contribution is 2.13. The van der Waals surface area contributed by atoms with E-state index >= 15 is 0 Å². The molecule has 15 heavy (non-hydrogen) atoms. The van der Waals surface area contributed by atoms with Gasteiger partial charge in [0.25, 0.3) is 0 Å². The third-order valence-electron chi connectivity index (χ3n) is 2.41. The van der Waals surface area contributed by atoms with Crippen LogP contribution in [0.4, 0.5) is 0 Å². The minimum Gasteiger partial charge on any atom is -0.394 e. The van der Waals surface area contributed by atoms with Crippen molar-refractivity contribution in [1.29, 1.82) is 5.26 Å². The molecular formula is C9H18N2O3S. The number of nitrogens with one attached hydrogen (secondary N) is 1. The van der Waals surface area contributed by atoms with Crippen molar-refractivity contribution in [2.45, 2.75) is 44.4 Å². The quantitative estimate of drug-likeness (QED) is 0.694. The van der Waals surface area contributed by atoms with Crippen LogP contribution in [-0.2, 0) is 10.0 Å². The zero-order valence-corrected chi connectivity index (χ0v) is 10.1. The Balaban J connectivity index is 4.87. The fourth-order valence-electron chi connectivity index (χ4n) is 1.01. The normalized spacial score (nSPS) is 17.8. The van der Waals surface area contributed by atoms with Gasteiger partial charge in [0.05, 0.1) is 18.2 Å². The Labute approximate surface area is 91.2 Å². The van der Waals surface area contributed by atoms with Gasteiger partial charge >= 0.3 is 0 Å². The lowest BCUT2D eigenvalue weighted by atomic mass is 10.0.